The van der Waals surface area contributed by atoms with Crippen LogP contribution in [-0.4, -0.2) is 23.6 Å². The Labute approximate surface area is 202 Å². The van der Waals surface area contributed by atoms with Crippen molar-refractivity contribution in [3.63, 3.8) is 0 Å². The van der Waals surface area contributed by atoms with Gasteiger partial charge >= 0.3 is 0 Å². The smallest absolute Gasteiger partial charge is 0.297 e. The van der Waals surface area contributed by atoms with Crippen LogP contribution in [0.3, 0.4) is 0 Å². The molecule has 0 atom stereocenters. The molecule has 0 spiro atoms. The summed E-state index contributed by atoms with van der Waals surface area (Å²) in [4.78, 5) is 18.3. The third-order valence-corrected chi connectivity index (χ3v) is 6.07. The van der Waals surface area contributed by atoms with Crippen LogP contribution in [0, 0.1) is 6.92 Å². The molecule has 2 heterocycles. The third kappa shape index (κ3) is 3.91. The number of nitrogens with zero attached hydrogens (tertiary/aromatic N) is 3. The van der Waals surface area contributed by atoms with Crippen molar-refractivity contribution in [2.75, 3.05) is 14.2 Å². The summed E-state index contributed by atoms with van der Waals surface area (Å²) in [5.41, 5.74) is 3.20. The Kier molecular flexibility index (Phi) is 5.74. The molecule has 0 saturated carbocycles. The molecule has 0 fully saturated rings. The highest BCUT2D eigenvalue weighted by Crippen LogP contribution is 2.33. The van der Waals surface area contributed by atoms with Crippen LogP contribution in [-0.2, 0) is 7.05 Å². The zero-order valence-corrected chi connectivity index (χ0v) is 20.0. The molecule has 0 aliphatic heterocycles. The number of rotatable bonds is 5. The Hall–Kier alpha value is -4.52. The Morgan fingerprint density at radius 1 is 0.857 bits per heavy atom. The highest BCUT2D eigenvalue weighted by Gasteiger charge is 2.16. The second-order valence-corrected chi connectivity index (χ2v) is 8.08. The topological polar surface area (TPSA) is 70.9 Å². The van der Waals surface area contributed by atoms with Crippen LogP contribution in [0.4, 0.5) is 5.69 Å². The van der Waals surface area contributed by atoms with Crippen LogP contribution >= 0.6 is 0 Å². The molecule has 0 unspecified atom stereocenters. The number of para-hydroxylation sites is 2. The van der Waals surface area contributed by atoms with Gasteiger partial charge in [0.1, 0.15) is 11.3 Å². The predicted molar refractivity (Wildman–Crippen MR) is 136 cm³/mol. The van der Waals surface area contributed by atoms with Gasteiger partial charge in [0.15, 0.2) is 17.2 Å². The van der Waals surface area contributed by atoms with E-state index in [9.17, 15) is 4.79 Å². The summed E-state index contributed by atoms with van der Waals surface area (Å²) in [5.74, 6) is 1.82. The average molecular weight is 468 g/mol. The molecule has 35 heavy (non-hydrogen) atoms. The number of fused-ring (bicyclic) bond motifs is 1. The van der Waals surface area contributed by atoms with E-state index in [1.807, 2.05) is 97.5 Å². The molecule has 2 aromatic heterocycles. The van der Waals surface area contributed by atoms with Crippen molar-refractivity contribution >= 4 is 16.7 Å². The largest absolute Gasteiger partial charge is 0.493 e. The van der Waals surface area contributed by atoms with Crippen LogP contribution in [0.25, 0.3) is 28.0 Å². The molecule has 7 nitrogen and oxygen atoms in total. The van der Waals surface area contributed by atoms with Crippen molar-refractivity contribution in [2.45, 2.75) is 6.92 Å². The van der Waals surface area contributed by atoms with E-state index in [-0.39, 0.29) is 5.56 Å². The van der Waals surface area contributed by atoms with Crippen LogP contribution in [0.5, 0.6) is 11.5 Å². The van der Waals surface area contributed by atoms with Crippen LogP contribution < -0.4 is 20.4 Å². The molecule has 0 bridgehead atoms. The number of aromatic nitrogens is 2. The first kappa shape index (κ1) is 22.3. The van der Waals surface area contributed by atoms with E-state index >= 15 is 0 Å². The Morgan fingerprint density at radius 2 is 1.57 bits per heavy atom. The fourth-order valence-corrected chi connectivity index (χ4v) is 4.14. The minimum absolute atomic E-state index is 0.186. The van der Waals surface area contributed by atoms with Crippen LogP contribution in [0.1, 0.15) is 5.69 Å². The number of hydrogen-bond acceptors (Lipinski definition) is 5. The zero-order valence-electron chi connectivity index (χ0n) is 20.0. The Morgan fingerprint density at radius 3 is 2.31 bits per heavy atom. The SMILES string of the molecule is COc1ccc(-c2cc(=Nc3c(C)n(C)n(-c4ccccc4)c3=O)c3ccccc3o2)cc1OC. The highest BCUT2D eigenvalue weighted by atomic mass is 16.5. The molecule has 7 heteroatoms. The molecule has 0 saturated heterocycles. The standard InChI is InChI=1S/C28H25N3O4/c1-18-27(28(32)31(30(18)2)20-10-6-5-7-11-20)29-22-17-25(35-23-13-9-8-12-21(22)23)19-14-15-24(33-3)26(16-19)34-4/h5-17H,1-4H3. The molecule has 0 N–H and O–H groups in total. The predicted octanol–water partition coefficient (Wildman–Crippen LogP) is 5.15. The van der Waals surface area contributed by atoms with Gasteiger partial charge in [-0.05, 0) is 49.4 Å². The molecule has 5 aromatic rings. The molecule has 0 amide bonds. The fourth-order valence-electron chi connectivity index (χ4n) is 4.14. The summed E-state index contributed by atoms with van der Waals surface area (Å²) in [5, 5.41) is 1.45. The van der Waals surface area contributed by atoms with Gasteiger partial charge in [-0.3, -0.25) is 9.48 Å². The van der Waals surface area contributed by atoms with Gasteiger partial charge in [0.25, 0.3) is 5.56 Å². The van der Waals surface area contributed by atoms with Gasteiger partial charge in [-0.1, -0.05) is 30.3 Å². The van der Waals surface area contributed by atoms with Gasteiger partial charge < -0.3 is 13.9 Å². The van der Waals surface area contributed by atoms with Gasteiger partial charge in [0.05, 0.1) is 31.0 Å². The summed E-state index contributed by atoms with van der Waals surface area (Å²) < 4.78 is 20.5. The summed E-state index contributed by atoms with van der Waals surface area (Å²) in [6, 6.07) is 24.6. The molecule has 3 aromatic carbocycles. The maximum atomic E-state index is 13.5. The van der Waals surface area contributed by atoms with Gasteiger partial charge in [0, 0.05) is 24.1 Å². The quantitative estimate of drug-likeness (QED) is 0.359. The highest BCUT2D eigenvalue weighted by molar-refractivity contribution is 5.79. The number of benzene rings is 3. The van der Waals surface area contributed by atoms with Crippen molar-refractivity contribution < 1.29 is 13.9 Å². The van der Waals surface area contributed by atoms with E-state index < -0.39 is 0 Å². The maximum Gasteiger partial charge on any atom is 0.297 e. The van der Waals surface area contributed by atoms with E-state index in [4.69, 9.17) is 18.9 Å². The molecule has 0 aliphatic rings. The molecule has 5 rings (SSSR count). The maximum absolute atomic E-state index is 13.5. The van der Waals surface area contributed by atoms with Crippen LogP contribution in [0.15, 0.2) is 93.1 Å². The minimum Gasteiger partial charge on any atom is -0.493 e. The fraction of sp³-hybridized carbons (Fsp3) is 0.143. The first-order chi connectivity index (χ1) is 17.0. The van der Waals surface area contributed by atoms with Crippen molar-refractivity contribution in [2.24, 2.45) is 12.0 Å². The lowest BCUT2D eigenvalue weighted by Gasteiger charge is -2.10. The number of ether oxygens (including phenoxy) is 2. The third-order valence-electron chi connectivity index (χ3n) is 6.07. The van der Waals surface area contributed by atoms with Gasteiger partial charge in [-0.15, -0.1) is 0 Å². The van der Waals surface area contributed by atoms with E-state index in [1.165, 1.54) is 0 Å². The first-order valence-electron chi connectivity index (χ1n) is 11.2. The van der Waals surface area contributed by atoms with E-state index in [0.29, 0.717) is 33.9 Å². The van der Waals surface area contributed by atoms with Gasteiger partial charge in [-0.2, -0.15) is 0 Å². The number of hydrogen-bond donors (Lipinski definition) is 0. The molecular formula is C28H25N3O4. The number of methoxy groups -OCH3 is 2. The first-order valence-corrected chi connectivity index (χ1v) is 11.2. The van der Waals surface area contributed by atoms with Gasteiger partial charge in [0.2, 0.25) is 0 Å². The minimum atomic E-state index is -0.186. The van der Waals surface area contributed by atoms with Crippen molar-refractivity contribution in [3.8, 4) is 28.5 Å². The monoisotopic (exact) mass is 467 g/mol. The summed E-state index contributed by atoms with van der Waals surface area (Å²) in [6.45, 7) is 1.89. The molecule has 0 aliphatic carbocycles. The summed E-state index contributed by atoms with van der Waals surface area (Å²) >= 11 is 0. The molecule has 0 radical (unpaired) electrons. The van der Waals surface area contributed by atoms with Gasteiger partial charge in [-0.25, -0.2) is 9.67 Å². The normalized spacial score (nSPS) is 11.7. The van der Waals surface area contributed by atoms with Crippen molar-refractivity contribution in [1.82, 2.24) is 9.36 Å². The lowest BCUT2D eigenvalue weighted by Crippen LogP contribution is -2.19. The average Bonchev–Trinajstić information content (AvgIpc) is 3.11. The molecular weight excluding hydrogens is 442 g/mol. The van der Waals surface area contributed by atoms with Crippen LogP contribution in [0.2, 0.25) is 0 Å². The van der Waals surface area contributed by atoms with E-state index in [1.54, 1.807) is 18.9 Å². The second kappa shape index (κ2) is 9.02. The molecule has 176 valence electrons. The van der Waals surface area contributed by atoms with E-state index in [0.717, 1.165) is 22.3 Å². The van der Waals surface area contributed by atoms with E-state index in [2.05, 4.69) is 0 Å². The summed E-state index contributed by atoms with van der Waals surface area (Å²) in [7, 11) is 5.05. The second-order valence-electron chi connectivity index (χ2n) is 8.08. The van der Waals surface area contributed by atoms with Crippen molar-refractivity contribution in [1.29, 1.82) is 0 Å². The lowest BCUT2D eigenvalue weighted by molar-refractivity contribution is 0.355. The summed E-state index contributed by atoms with van der Waals surface area (Å²) in [6.07, 6.45) is 0. The lowest BCUT2D eigenvalue weighted by atomic mass is 10.1. The zero-order chi connectivity index (χ0) is 24.5. The Balaban J connectivity index is 1.76. The Bertz CT molecular complexity index is 1660. The van der Waals surface area contributed by atoms with Crippen molar-refractivity contribution in [3.05, 3.63) is 100 Å².